The van der Waals surface area contributed by atoms with Gasteiger partial charge in [0, 0.05) is 17.1 Å². The second-order valence-corrected chi connectivity index (χ2v) is 12.0. The van der Waals surface area contributed by atoms with Crippen LogP contribution < -0.4 is 4.90 Å². The summed E-state index contributed by atoms with van der Waals surface area (Å²) in [4.78, 5) is 2.29. The molecular weight excluding hydrogens is 567 g/mol. The van der Waals surface area contributed by atoms with Crippen LogP contribution in [0.3, 0.4) is 0 Å². The Balaban J connectivity index is 1.10. The smallest absolute Gasteiger partial charge is 0.0462 e. The van der Waals surface area contributed by atoms with Crippen molar-refractivity contribution in [1.82, 2.24) is 0 Å². The molecule has 1 aliphatic carbocycles. The van der Waals surface area contributed by atoms with Crippen molar-refractivity contribution >= 4 is 56.3 Å². The van der Waals surface area contributed by atoms with Gasteiger partial charge in [0.1, 0.15) is 0 Å². The highest BCUT2D eigenvalue weighted by Crippen LogP contribution is 2.43. The van der Waals surface area contributed by atoms with Gasteiger partial charge in [-0.05, 0) is 104 Å². The number of hydrogen-bond acceptors (Lipinski definition) is 1. The van der Waals surface area contributed by atoms with Crippen molar-refractivity contribution in [1.29, 1.82) is 0 Å². The van der Waals surface area contributed by atoms with E-state index in [0.717, 1.165) is 35.5 Å². The van der Waals surface area contributed by atoms with Gasteiger partial charge < -0.3 is 4.90 Å². The van der Waals surface area contributed by atoms with E-state index in [-0.39, 0.29) is 0 Å². The zero-order valence-electron chi connectivity index (χ0n) is 26.3. The van der Waals surface area contributed by atoms with E-state index in [9.17, 15) is 0 Å². The molecular formula is C46H35N. The number of fused-ring (bicyclic) bond motifs is 2. The molecule has 0 saturated carbocycles. The van der Waals surface area contributed by atoms with Crippen LogP contribution >= 0.6 is 0 Å². The minimum absolute atomic E-state index is 1.09. The van der Waals surface area contributed by atoms with Crippen LogP contribution in [-0.2, 0) is 0 Å². The highest BCUT2D eigenvalue weighted by atomic mass is 15.1. The lowest BCUT2D eigenvalue weighted by atomic mass is 9.84. The summed E-state index contributed by atoms with van der Waals surface area (Å²) in [5.41, 5.74) is 11.0. The Kier molecular flexibility index (Phi) is 7.79. The predicted molar refractivity (Wildman–Crippen MR) is 203 cm³/mol. The lowest BCUT2D eigenvalue weighted by Crippen LogP contribution is -2.09. The van der Waals surface area contributed by atoms with Gasteiger partial charge in [-0.3, -0.25) is 0 Å². The average molecular weight is 602 g/mol. The van der Waals surface area contributed by atoms with E-state index in [1.165, 1.54) is 49.4 Å². The molecule has 47 heavy (non-hydrogen) atoms. The van der Waals surface area contributed by atoms with Crippen molar-refractivity contribution < 1.29 is 0 Å². The Morgan fingerprint density at radius 2 is 0.851 bits per heavy atom. The molecule has 0 aliphatic heterocycles. The van der Waals surface area contributed by atoms with Gasteiger partial charge >= 0.3 is 0 Å². The molecule has 0 radical (unpaired) electrons. The normalized spacial score (nSPS) is 12.9. The number of hydrogen-bond donors (Lipinski definition) is 0. The summed E-state index contributed by atoms with van der Waals surface area (Å²) in [5.74, 6) is 0. The fraction of sp³-hybridized carbons (Fsp3) is 0.0435. The third-order valence-corrected chi connectivity index (χ3v) is 9.06. The van der Waals surface area contributed by atoms with Crippen LogP contribution in [0.2, 0.25) is 0 Å². The predicted octanol–water partition coefficient (Wildman–Crippen LogP) is 13.0. The van der Waals surface area contributed by atoms with Crippen molar-refractivity contribution in [2.45, 2.75) is 12.8 Å². The summed E-state index contributed by atoms with van der Waals surface area (Å²) < 4.78 is 0. The van der Waals surface area contributed by atoms with Crippen molar-refractivity contribution in [2.24, 2.45) is 0 Å². The van der Waals surface area contributed by atoms with Gasteiger partial charge in [0.05, 0.1) is 0 Å². The average Bonchev–Trinajstić information content (AvgIpc) is 3.15. The molecule has 224 valence electrons. The minimum Gasteiger partial charge on any atom is -0.311 e. The Hall–Kier alpha value is -5.92. The molecule has 0 amide bonds. The highest BCUT2D eigenvalue weighted by molar-refractivity contribution is 6.19. The first-order chi connectivity index (χ1) is 23.3. The van der Waals surface area contributed by atoms with E-state index in [1.807, 2.05) is 0 Å². The fourth-order valence-electron chi connectivity index (χ4n) is 6.84. The fourth-order valence-corrected chi connectivity index (χ4v) is 6.84. The maximum Gasteiger partial charge on any atom is 0.0462 e. The maximum atomic E-state index is 2.39. The molecule has 0 N–H and O–H groups in total. The molecule has 0 fully saturated rings. The van der Waals surface area contributed by atoms with Crippen LogP contribution in [-0.4, -0.2) is 0 Å². The number of allylic oxidation sites excluding steroid dienone is 4. The van der Waals surface area contributed by atoms with Crippen molar-refractivity contribution in [3.8, 4) is 11.1 Å². The van der Waals surface area contributed by atoms with Crippen LogP contribution in [0.1, 0.15) is 29.5 Å². The first-order valence-corrected chi connectivity index (χ1v) is 16.4. The van der Waals surface area contributed by atoms with Gasteiger partial charge in [-0.1, -0.05) is 152 Å². The van der Waals surface area contributed by atoms with Crippen molar-refractivity contribution in [2.75, 3.05) is 4.90 Å². The summed E-state index contributed by atoms with van der Waals surface area (Å²) in [6.45, 7) is 0. The van der Waals surface area contributed by atoms with Gasteiger partial charge in [0.15, 0.2) is 0 Å². The van der Waals surface area contributed by atoms with Crippen LogP contribution in [0, 0.1) is 0 Å². The quantitative estimate of drug-likeness (QED) is 0.130. The molecule has 1 nitrogen and oxygen atoms in total. The molecule has 1 heteroatoms. The number of benzene rings is 7. The lowest BCUT2D eigenvalue weighted by Gasteiger charge is -2.25. The zero-order valence-corrected chi connectivity index (χ0v) is 26.3. The number of para-hydroxylation sites is 2. The Bertz CT molecular complexity index is 2160. The first-order valence-electron chi connectivity index (χ1n) is 16.4. The third kappa shape index (κ3) is 5.69. The third-order valence-electron chi connectivity index (χ3n) is 9.06. The standard InChI is InChI=1S/C46H35N/c1-4-14-36(15-5-1)45-41-20-10-12-22-43(41)46(44-23-13-11-21-42(44)45)37-30-26-34(27-31-37)24-25-35-28-32-40(33-29-35)47(38-16-6-2-7-17-38)39-18-8-3-9-19-39/h2-4,6-33H,1,5H2/b25-24+. The molecule has 0 bridgehead atoms. The topological polar surface area (TPSA) is 3.24 Å². The zero-order chi connectivity index (χ0) is 31.4. The largest absolute Gasteiger partial charge is 0.311 e. The van der Waals surface area contributed by atoms with E-state index < -0.39 is 0 Å². The molecule has 8 rings (SSSR count). The molecule has 0 atom stereocenters. The van der Waals surface area contributed by atoms with Gasteiger partial charge in [-0.2, -0.15) is 0 Å². The molecule has 7 aromatic rings. The van der Waals surface area contributed by atoms with Crippen LogP contribution in [0.5, 0.6) is 0 Å². The van der Waals surface area contributed by atoms with Gasteiger partial charge in [0.2, 0.25) is 0 Å². The summed E-state index contributed by atoms with van der Waals surface area (Å²) >= 11 is 0. The molecule has 1 aliphatic rings. The van der Waals surface area contributed by atoms with E-state index >= 15 is 0 Å². The van der Waals surface area contributed by atoms with Crippen molar-refractivity contribution in [3.05, 3.63) is 193 Å². The SMILES string of the molecule is C1=CC(c2c3ccccc3c(-c3ccc(/C=C/c4ccc(N(c5ccccc5)c5ccccc5)cc4)cc3)c3ccccc23)=CCC1. The van der Waals surface area contributed by atoms with E-state index in [0.29, 0.717) is 0 Å². The lowest BCUT2D eigenvalue weighted by molar-refractivity contribution is 1.04. The maximum absolute atomic E-state index is 2.39. The number of nitrogens with zero attached hydrogens (tertiary/aromatic N) is 1. The highest BCUT2D eigenvalue weighted by Gasteiger charge is 2.17. The van der Waals surface area contributed by atoms with Gasteiger partial charge in [-0.15, -0.1) is 0 Å². The van der Waals surface area contributed by atoms with Gasteiger partial charge in [0.25, 0.3) is 0 Å². The molecule has 0 heterocycles. The first kappa shape index (κ1) is 28.5. The summed E-state index contributed by atoms with van der Waals surface area (Å²) in [6, 6.07) is 56.6. The molecule has 0 aromatic heterocycles. The van der Waals surface area contributed by atoms with Gasteiger partial charge in [-0.25, -0.2) is 0 Å². The molecule has 0 spiro atoms. The Labute approximate surface area is 277 Å². The second-order valence-electron chi connectivity index (χ2n) is 12.0. The molecule has 0 saturated heterocycles. The second kappa shape index (κ2) is 12.8. The van der Waals surface area contributed by atoms with Crippen LogP contribution in [0.25, 0.3) is 50.4 Å². The van der Waals surface area contributed by atoms with Crippen molar-refractivity contribution in [3.63, 3.8) is 0 Å². The minimum atomic E-state index is 1.09. The summed E-state index contributed by atoms with van der Waals surface area (Å²) in [5, 5.41) is 5.21. The van der Waals surface area contributed by atoms with Crippen LogP contribution in [0.4, 0.5) is 17.1 Å². The monoisotopic (exact) mass is 601 g/mol. The Morgan fingerprint density at radius 1 is 0.404 bits per heavy atom. The number of rotatable bonds is 7. The molecule has 7 aromatic carbocycles. The van der Waals surface area contributed by atoms with E-state index in [2.05, 4.69) is 193 Å². The summed E-state index contributed by atoms with van der Waals surface area (Å²) in [6.07, 6.45) is 13.6. The molecule has 0 unspecified atom stereocenters. The summed E-state index contributed by atoms with van der Waals surface area (Å²) in [7, 11) is 0. The van der Waals surface area contributed by atoms with Crippen LogP contribution in [0.15, 0.2) is 176 Å². The number of anilines is 3. The van der Waals surface area contributed by atoms with E-state index in [1.54, 1.807) is 0 Å². The van der Waals surface area contributed by atoms with E-state index in [4.69, 9.17) is 0 Å². The Morgan fingerprint density at radius 3 is 1.34 bits per heavy atom.